The van der Waals surface area contributed by atoms with Gasteiger partial charge in [-0.05, 0) is 36.1 Å². The van der Waals surface area contributed by atoms with Crippen molar-refractivity contribution in [3.63, 3.8) is 0 Å². The van der Waals surface area contributed by atoms with E-state index in [9.17, 15) is 0 Å². The van der Waals surface area contributed by atoms with Crippen molar-refractivity contribution in [3.8, 4) is 11.1 Å². The van der Waals surface area contributed by atoms with Crippen LogP contribution in [0.15, 0.2) is 54.6 Å². The third kappa shape index (κ3) is 3.29. The molecular formula is C19H23N. The minimum atomic E-state index is 0.542. The molecule has 0 radical (unpaired) electrons. The average Bonchev–Trinajstić information content (AvgIpc) is 2.48. The Hall–Kier alpha value is -1.60. The van der Waals surface area contributed by atoms with Crippen LogP contribution in [-0.2, 0) is 0 Å². The highest BCUT2D eigenvalue weighted by atomic mass is 14.9. The molecule has 0 spiro atoms. The maximum absolute atomic E-state index is 3.70. The first-order chi connectivity index (χ1) is 9.93. The van der Waals surface area contributed by atoms with Gasteiger partial charge in [-0.25, -0.2) is 0 Å². The van der Waals surface area contributed by atoms with Crippen LogP contribution in [-0.4, -0.2) is 6.54 Å². The molecule has 1 saturated heterocycles. The van der Waals surface area contributed by atoms with Gasteiger partial charge in [-0.3, -0.25) is 0 Å². The smallest absolute Gasteiger partial charge is 0.0320 e. The van der Waals surface area contributed by atoms with E-state index in [1.807, 2.05) is 0 Å². The topological polar surface area (TPSA) is 12.0 Å². The van der Waals surface area contributed by atoms with E-state index >= 15 is 0 Å². The molecule has 1 nitrogen and oxygen atoms in total. The van der Waals surface area contributed by atoms with E-state index < -0.39 is 0 Å². The molecule has 3 rings (SSSR count). The van der Waals surface area contributed by atoms with Crippen LogP contribution in [0.3, 0.4) is 0 Å². The normalized spacial score (nSPS) is 20.1. The van der Waals surface area contributed by atoms with E-state index in [0.717, 1.165) is 6.54 Å². The first kappa shape index (κ1) is 13.4. The third-order valence-electron chi connectivity index (χ3n) is 4.23. The van der Waals surface area contributed by atoms with Crippen LogP contribution in [0.5, 0.6) is 0 Å². The van der Waals surface area contributed by atoms with Crippen LogP contribution >= 0.6 is 0 Å². The molecule has 1 fully saturated rings. The van der Waals surface area contributed by atoms with Crippen LogP contribution in [0.2, 0.25) is 0 Å². The average molecular weight is 265 g/mol. The zero-order valence-corrected chi connectivity index (χ0v) is 12.0. The van der Waals surface area contributed by atoms with Gasteiger partial charge in [0.25, 0.3) is 0 Å². The lowest BCUT2D eigenvalue weighted by atomic mass is 9.96. The minimum Gasteiger partial charge on any atom is -0.310 e. The van der Waals surface area contributed by atoms with E-state index in [-0.39, 0.29) is 0 Å². The van der Waals surface area contributed by atoms with Gasteiger partial charge in [0.15, 0.2) is 0 Å². The first-order valence-electron chi connectivity index (χ1n) is 7.82. The fourth-order valence-corrected chi connectivity index (χ4v) is 3.03. The summed E-state index contributed by atoms with van der Waals surface area (Å²) in [6, 6.07) is 20.2. The molecule has 1 heterocycles. The molecule has 0 saturated carbocycles. The Kier molecular flexibility index (Phi) is 4.49. The summed E-state index contributed by atoms with van der Waals surface area (Å²) in [6.07, 6.45) is 6.70. The summed E-state index contributed by atoms with van der Waals surface area (Å²) >= 11 is 0. The Morgan fingerprint density at radius 2 is 1.40 bits per heavy atom. The Balaban J connectivity index is 1.75. The summed E-state index contributed by atoms with van der Waals surface area (Å²) < 4.78 is 0. The van der Waals surface area contributed by atoms with Gasteiger partial charge >= 0.3 is 0 Å². The molecule has 1 aliphatic heterocycles. The highest BCUT2D eigenvalue weighted by molar-refractivity contribution is 5.63. The quantitative estimate of drug-likeness (QED) is 0.810. The Labute approximate surface area is 122 Å². The summed E-state index contributed by atoms with van der Waals surface area (Å²) in [6.45, 7) is 1.16. The van der Waals surface area contributed by atoms with E-state index in [1.165, 1.54) is 48.8 Å². The summed E-state index contributed by atoms with van der Waals surface area (Å²) in [4.78, 5) is 0. The molecule has 1 aliphatic rings. The van der Waals surface area contributed by atoms with Crippen molar-refractivity contribution in [3.05, 3.63) is 60.2 Å². The second-order valence-corrected chi connectivity index (χ2v) is 5.70. The van der Waals surface area contributed by atoms with E-state index in [4.69, 9.17) is 0 Å². The van der Waals surface area contributed by atoms with Gasteiger partial charge in [0.05, 0.1) is 0 Å². The molecule has 0 aliphatic carbocycles. The van der Waals surface area contributed by atoms with Gasteiger partial charge in [-0.15, -0.1) is 0 Å². The lowest BCUT2D eigenvalue weighted by Crippen LogP contribution is -2.23. The fraction of sp³-hybridized carbons (Fsp3) is 0.368. The first-order valence-corrected chi connectivity index (χ1v) is 7.82. The molecule has 0 aromatic heterocycles. The standard InChI is InChI=1S/C19H23N/c1-2-7-15-20-19(10-6-1)18-13-11-17(12-14-18)16-8-4-3-5-9-16/h3-5,8-9,11-14,19-20H,1-2,6-7,10,15H2. The summed E-state index contributed by atoms with van der Waals surface area (Å²) in [5.74, 6) is 0. The Bertz CT molecular complexity index is 507. The number of nitrogens with one attached hydrogen (secondary N) is 1. The molecule has 0 bridgehead atoms. The molecule has 0 amide bonds. The largest absolute Gasteiger partial charge is 0.310 e. The van der Waals surface area contributed by atoms with Gasteiger partial charge in [0.1, 0.15) is 0 Å². The molecule has 1 unspecified atom stereocenters. The van der Waals surface area contributed by atoms with E-state index in [2.05, 4.69) is 59.9 Å². The monoisotopic (exact) mass is 265 g/mol. The SMILES string of the molecule is c1ccc(-c2ccc(C3CCCCCCN3)cc2)cc1. The zero-order chi connectivity index (χ0) is 13.6. The lowest BCUT2D eigenvalue weighted by Gasteiger charge is -2.22. The summed E-state index contributed by atoms with van der Waals surface area (Å²) in [7, 11) is 0. The van der Waals surface area contributed by atoms with Crippen molar-refractivity contribution in [1.29, 1.82) is 0 Å². The van der Waals surface area contributed by atoms with Gasteiger partial charge in [-0.1, -0.05) is 73.9 Å². The van der Waals surface area contributed by atoms with Crippen LogP contribution < -0.4 is 5.32 Å². The Morgan fingerprint density at radius 1 is 0.700 bits per heavy atom. The molecule has 1 heteroatoms. The molecule has 104 valence electrons. The predicted octanol–water partition coefficient (Wildman–Crippen LogP) is 4.95. The lowest BCUT2D eigenvalue weighted by molar-refractivity contribution is 0.427. The Morgan fingerprint density at radius 3 is 2.20 bits per heavy atom. The molecular weight excluding hydrogens is 242 g/mol. The highest BCUT2D eigenvalue weighted by Gasteiger charge is 2.12. The van der Waals surface area contributed by atoms with Crippen LogP contribution in [0, 0.1) is 0 Å². The number of hydrogen-bond acceptors (Lipinski definition) is 1. The summed E-state index contributed by atoms with van der Waals surface area (Å²) in [5, 5.41) is 3.70. The number of hydrogen-bond donors (Lipinski definition) is 1. The molecule has 2 aromatic rings. The van der Waals surface area contributed by atoms with Gasteiger partial charge < -0.3 is 5.32 Å². The second kappa shape index (κ2) is 6.71. The second-order valence-electron chi connectivity index (χ2n) is 5.70. The molecule has 1 atom stereocenters. The van der Waals surface area contributed by atoms with Crippen LogP contribution in [0.4, 0.5) is 0 Å². The van der Waals surface area contributed by atoms with Crippen LogP contribution in [0.25, 0.3) is 11.1 Å². The van der Waals surface area contributed by atoms with Crippen LogP contribution in [0.1, 0.15) is 43.7 Å². The maximum atomic E-state index is 3.70. The van der Waals surface area contributed by atoms with Crippen molar-refractivity contribution in [2.75, 3.05) is 6.54 Å². The summed E-state index contributed by atoms with van der Waals surface area (Å²) in [5.41, 5.74) is 4.04. The third-order valence-corrected chi connectivity index (χ3v) is 4.23. The fourth-order valence-electron chi connectivity index (χ4n) is 3.03. The van der Waals surface area contributed by atoms with E-state index in [0.29, 0.717) is 6.04 Å². The molecule has 20 heavy (non-hydrogen) atoms. The zero-order valence-electron chi connectivity index (χ0n) is 12.0. The van der Waals surface area contributed by atoms with Crippen molar-refractivity contribution in [2.45, 2.75) is 38.1 Å². The number of benzene rings is 2. The van der Waals surface area contributed by atoms with Crippen molar-refractivity contribution < 1.29 is 0 Å². The van der Waals surface area contributed by atoms with Crippen molar-refractivity contribution in [2.24, 2.45) is 0 Å². The van der Waals surface area contributed by atoms with Gasteiger partial charge in [-0.2, -0.15) is 0 Å². The minimum absolute atomic E-state index is 0.542. The predicted molar refractivity (Wildman–Crippen MR) is 85.7 cm³/mol. The van der Waals surface area contributed by atoms with Gasteiger partial charge in [0, 0.05) is 6.04 Å². The highest BCUT2D eigenvalue weighted by Crippen LogP contribution is 2.25. The maximum Gasteiger partial charge on any atom is 0.0320 e. The van der Waals surface area contributed by atoms with Gasteiger partial charge in [0.2, 0.25) is 0 Å². The molecule has 1 N–H and O–H groups in total. The van der Waals surface area contributed by atoms with E-state index in [1.54, 1.807) is 0 Å². The van der Waals surface area contributed by atoms with Crippen molar-refractivity contribution in [1.82, 2.24) is 5.32 Å². The van der Waals surface area contributed by atoms with Crippen molar-refractivity contribution >= 4 is 0 Å². The number of rotatable bonds is 2. The molecule has 2 aromatic carbocycles.